The summed E-state index contributed by atoms with van der Waals surface area (Å²) in [5.41, 5.74) is 0.430. The maximum Gasteiger partial charge on any atom is 0.349 e. The van der Waals surface area contributed by atoms with Crippen molar-refractivity contribution < 1.29 is 14.3 Å². The third-order valence-electron chi connectivity index (χ3n) is 5.09. The highest BCUT2D eigenvalue weighted by atomic mass is 16.5. The first-order valence-corrected chi connectivity index (χ1v) is 10.8. The number of nitrogens with zero attached hydrogens (tertiary/aromatic N) is 2. The van der Waals surface area contributed by atoms with Crippen molar-refractivity contribution in [3.63, 3.8) is 0 Å². The molecule has 8 nitrogen and oxygen atoms in total. The fourth-order valence-corrected chi connectivity index (χ4v) is 3.53. The van der Waals surface area contributed by atoms with Crippen LogP contribution in [0.1, 0.15) is 35.3 Å². The molecule has 3 aromatic carbocycles. The highest BCUT2D eigenvalue weighted by Gasteiger charge is 2.19. The summed E-state index contributed by atoms with van der Waals surface area (Å²) in [6.07, 6.45) is 1.33. The molecule has 0 aliphatic carbocycles. The van der Waals surface area contributed by atoms with Gasteiger partial charge in [-0.25, -0.2) is 4.79 Å². The summed E-state index contributed by atoms with van der Waals surface area (Å²) < 4.78 is 12.2. The Bertz CT molecular complexity index is 1490. The Balaban J connectivity index is 1.85. The highest BCUT2D eigenvalue weighted by Crippen LogP contribution is 2.30. The van der Waals surface area contributed by atoms with Gasteiger partial charge in [0, 0.05) is 17.2 Å². The second-order valence-electron chi connectivity index (χ2n) is 7.28. The number of aromatic amines is 1. The average Bonchev–Trinajstić information content (AvgIpc) is 2.85. The molecule has 0 saturated heterocycles. The van der Waals surface area contributed by atoms with Crippen LogP contribution in [0, 0.1) is 0 Å². The van der Waals surface area contributed by atoms with Crippen LogP contribution in [0.3, 0.4) is 0 Å². The van der Waals surface area contributed by atoms with Crippen molar-refractivity contribution in [2.75, 3.05) is 13.2 Å². The standard InChI is InChI=1S/C26H23N3O5/c1-3-33-22-15-23(34-4-2)20(24(30)17-10-6-5-7-11-17)14-18(22)16-27-29-25(31)19-12-8-9-13-21(19)28-26(29)32/h5-16H,3-4H2,1-2H3,(H,28,32). The second kappa shape index (κ2) is 9.99. The van der Waals surface area contributed by atoms with Crippen LogP contribution in [-0.2, 0) is 0 Å². The van der Waals surface area contributed by atoms with Crippen LogP contribution < -0.4 is 20.7 Å². The van der Waals surface area contributed by atoms with E-state index in [0.29, 0.717) is 52.3 Å². The molecule has 0 bridgehead atoms. The van der Waals surface area contributed by atoms with Gasteiger partial charge in [-0.3, -0.25) is 9.59 Å². The number of ketones is 1. The summed E-state index contributed by atoms with van der Waals surface area (Å²) in [4.78, 5) is 41.1. The number of carbonyl (C=O) groups is 1. The van der Waals surface area contributed by atoms with Gasteiger partial charge in [-0.05, 0) is 32.0 Å². The minimum Gasteiger partial charge on any atom is -0.493 e. The molecule has 0 aliphatic heterocycles. The normalized spacial score (nSPS) is 11.1. The minimum atomic E-state index is -0.676. The fourth-order valence-electron chi connectivity index (χ4n) is 3.53. The zero-order valence-electron chi connectivity index (χ0n) is 18.8. The molecule has 0 aliphatic rings. The van der Waals surface area contributed by atoms with Crippen molar-refractivity contribution in [2.45, 2.75) is 13.8 Å². The van der Waals surface area contributed by atoms with Gasteiger partial charge in [-0.15, -0.1) is 4.68 Å². The molecule has 0 unspecified atom stereocenters. The van der Waals surface area contributed by atoms with Crippen LogP contribution >= 0.6 is 0 Å². The number of benzene rings is 3. The number of nitrogens with one attached hydrogen (secondary N) is 1. The number of para-hydroxylation sites is 1. The number of ether oxygens (including phenoxy) is 2. The third kappa shape index (κ3) is 4.52. The molecule has 0 saturated carbocycles. The van der Waals surface area contributed by atoms with Gasteiger partial charge >= 0.3 is 5.69 Å². The first kappa shape index (κ1) is 22.7. The summed E-state index contributed by atoms with van der Waals surface area (Å²) in [5, 5.41) is 4.45. The smallest absolute Gasteiger partial charge is 0.349 e. The molecule has 8 heteroatoms. The van der Waals surface area contributed by atoms with Crippen molar-refractivity contribution in [1.29, 1.82) is 0 Å². The van der Waals surface area contributed by atoms with E-state index in [2.05, 4.69) is 10.1 Å². The van der Waals surface area contributed by atoms with E-state index in [1.165, 1.54) is 6.21 Å². The molecule has 172 valence electrons. The maximum absolute atomic E-state index is 13.2. The van der Waals surface area contributed by atoms with Gasteiger partial charge in [0.1, 0.15) is 11.5 Å². The molecule has 1 N–H and O–H groups in total. The zero-order valence-corrected chi connectivity index (χ0v) is 18.8. The van der Waals surface area contributed by atoms with E-state index in [1.54, 1.807) is 60.7 Å². The van der Waals surface area contributed by atoms with Crippen molar-refractivity contribution in [2.24, 2.45) is 5.10 Å². The maximum atomic E-state index is 13.2. The minimum absolute atomic E-state index is 0.234. The lowest BCUT2D eigenvalue weighted by Crippen LogP contribution is -2.32. The number of carbonyl (C=O) groups excluding carboxylic acids is 1. The van der Waals surface area contributed by atoms with E-state index < -0.39 is 11.2 Å². The van der Waals surface area contributed by atoms with Crippen LogP contribution in [0.25, 0.3) is 10.9 Å². The molecular formula is C26H23N3O5. The van der Waals surface area contributed by atoms with E-state index in [-0.39, 0.29) is 5.78 Å². The SMILES string of the molecule is CCOc1cc(OCC)c(C(=O)c2ccccc2)cc1C=Nn1c(=O)[nH]c2ccccc2c1=O. The van der Waals surface area contributed by atoms with Crippen molar-refractivity contribution in [1.82, 2.24) is 9.66 Å². The Labute approximate surface area is 195 Å². The Kier molecular flexibility index (Phi) is 6.68. The number of H-pyrrole nitrogens is 1. The first-order chi connectivity index (χ1) is 16.5. The van der Waals surface area contributed by atoms with Gasteiger partial charge in [-0.1, -0.05) is 42.5 Å². The number of aromatic nitrogens is 2. The van der Waals surface area contributed by atoms with Crippen LogP contribution in [-0.4, -0.2) is 34.9 Å². The van der Waals surface area contributed by atoms with Crippen LogP contribution in [0.2, 0.25) is 0 Å². The zero-order chi connectivity index (χ0) is 24.1. The molecule has 0 atom stereocenters. The van der Waals surface area contributed by atoms with Crippen LogP contribution in [0.5, 0.6) is 11.5 Å². The highest BCUT2D eigenvalue weighted by molar-refractivity contribution is 6.11. The Hall–Kier alpha value is -4.46. The van der Waals surface area contributed by atoms with Crippen molar-refractivity contribution in [3.05, 3.63) is 104 Å². The molecule has 34 heavy (non-hydrogen) atoms. The quantitative estimate of drug-likeness (QED) is 0.322. The van der Waals surface area contributed by atoms with Gasteiger partial charge in [0.2, 0.25) is 0 Å². The lowest BCUT2D eigenvalue weighted by atomic mass is 10.00. The molecule has 0 fully saturated rings. The Morgan fingerprint density at radius 1 is 0.941 bits per heavy atom. The summed E-state index contributed by atoms with van der Waals surface area (Å²) in [7, 11) is 0. The summed E-state index contributed by atoms with van der Waals surface area (Å²) in [6, 6.07) is 18.7. The predicted molar refractivity (Wildman–Crippen MR) is 130 cm³/mol. The number of rotatable bonds is 8. The number of hydrogen-bond donors (Lipinski definition) is 1. The van der Waals surface area contributed by atoms with Crippen LogP contribution in [0.4, 0.5) is 0 Å². The van der Waals surface area contributed by atoms with Gasteiger partial charge in [0.05, 0.1) is 35.9 Å². The summed E-state index contributed by atoms with van der Waals surface area (Å²) in [5.74, 6) is 0.546. The van der Waals surface area contributed by atoms with Gasteiger partial charge in [0.25, 0.3) is 5.56 Å². The van der Waals surface area contributed by atoms with Gasteiger partial charge in [0.15, 0.2) is 5.78 Å². The number of fused-ring (bicyclic) bond motifs is 1. The summed E-state index contributed by atoms with van der Waals surface area (Å²) >= 11 is 0. The monoisotopic (exact) mass is 457 g/mol. The van der Waals surface area contributed by atoms with E-state index >= 15 is 0 Å². The topological polar surface area (TPSA) is 103 Å². The molecule has 4 rings (SSSR count). The van der Waals surface area contributed by atoms with E-state index in [4.69, 9.17) is 9.47 Å². The predicted octanol–water partition coefficient (Wildman–Crippen LogP) is 3.60. The fraction of sp³-hybridized carbons (Fsp3) is 0.154. The van der Waals surface area contributed by atoms with Gasteiger partial charge < -0.3 is 14.5 Å². The average molecular weight is 457 g/mol. The molecular weight excluding hydrogens is 434 g/mol. The second-order valence-corrected chi connectivity index (χ2v) is 7.28. The largest absolute Gasteiger partial charge is 0.493 e. The molecule has 0 amide bonds. The third-order valence-corrected chi connectivity index (χ3v) is 5.09. The molecule has 1 heterocycles. The van der Waals surface area contributed by atoms with E-state index in [9.17, 15) is 14.4 Å². The number of hydrogen-bond acceptors (Lipinski definition) is 6. The van der Waals surface area contributed by atoms with E-state index in [1.807, 2.05) is 19.9 Å². The lowest BCUT2D eigenvalue weighted by molar-refractivity contribution is 0.103. The molecule has 0 radical (unpaired) electrons. The molecule has 4 aromatic rings. The van der Waals surface area contributed by atoms with Gasteiger partial charge in [-0.2, -0.15) is 5.10 Å². The molecule has 0 spiro atoms. The molecule has 1 aromatic heterocycles. The Morgan fingerprint density at radius 2 is 1.62 bits per heavy atom. The summed E-state index contributed by atoms with van der Waals surface area (Å²) in [6.45, 7) is 4.36. The Morgan fingerprint density at radius 3 is 2.35 bits per heavy atom. The van der Waals surface area contributed by atoms with Crippen molar-refractivity contribution in [3.8, 4) is 11.5 Å². The van der Waals surface area contributed by atoms with Crippen molar-refractivity contribution >= 4 is 22.9 Å². The van der Waals surface area contributed by atoms with Crippen LogP contribution in [0.15, 0.2) is 81.4 Å². The lowest BCUT2D eigenvalue weighted by Gasteiger charge is -2.14. The van der Waals surface area contributed by atoms with E-state index in [0.717, 1.165) is 4.68 Å². The first-order valence-electron chi connectivity index (χ1n) is 10.8.